The molecule has 0 unspecified atom stereocenters. The number of aliphatic hydroxyl groups excluding tert-OH is 1. The zero-order chi connectivity index (χ0) is 13.5. The molecule has 1 aromatic carbocycles. The van der Waals surface area contributed by atoms with Gasteiger partial charge in [0.05, 0.1) is 12.1 Å². The topological polar surface area (TPSA) is 40.5 Å². The first-order chi connectivity index (χ1) is 8.60. The van der Waals surface area contributed by atoms with E-state index in [4.69, 9.17) is 11.6 Å². The second kappa shape index (κ2) is 7.39. The molecule has 0 aliphatic carbocycles. The van der Waals surface area contributed by atoms with Crippen molar-refractivity contribution in [3.63, 3.8) is 0 Å². The normalized spacial score (nSPS) is 14.0. The lowest BCUT2D eigenvalue weighted by Gasteiger charge is -2.32. The molecule has 0 aliphatic rings. The summed E-state index contributed by atoms with van der Waals surface area (Å²) in [6.07, 6.45) is 0.138. The van der Waals surface area contributed by atoms with E-state index in [0.29, 0.717) is 13.0 Å². The molecule has 0 saturated carbocycles. The number of rotatable bonds is 6. The fourth-order valence-electron chi connectivity index (χ4n) is 2.07. The predicted octanol–water partition coefficient (Wildman–Crippen LogP) is 2.41. The van der Waals surface area contributed by atoms with E-state index in [1.807, 2.05) is 37.3 Å². The summed E-state index contributed by atoms with van der Waals surface area (Å²) in [4.78, 5) is 13.6. The maximum atomic E-state index is 11.9. The molecular weight excluding hydrogens is 250 g/mol. The summed E-state index contributed by atoms with van der Waals surface area (Å²) < 4.78 is 0. The first-order valence-electron chi connectivity index (χ1n) is 6.17. The Kier molecular flexibility index (Phi) is 6.16. The molecule has 0 heterocycles. The van der Waals surface area contributed by atoms with Gasteiger partial charge in [0.15, 0.2) is 0 Å². The van der Waals surface area contributed by atoms with Gasteiger partial charge in [0.1, 0.15) is 5.88 Å². The highest BCUT2D eigenvalue weighted by molar-refractivity contribution is 6.27. The van der Waals surface area contributed by atoms with Crippen LogP contribution in [0.25, 0.3) is 0 Å². The second-order valence-electron chi connectivity index (χ2n) is 4.36. The number of carbonyl (C=O) groups excluding carboxylic acids is 1. The standard InChI is InChI=1S/C14H20ClNO2/c1-3-13(11(2)17)16(14(18)9-15)10-12-7-5-4-6-8-12/h4-8,11,13,17H,3,9-10H2,1-2H3/t11-,13-/m1/s1. The van der Waals surface area contributed by atoms with Crippen LogP contribution in [-0.2, 0) is 11.3 Å². The number of amides is 1. The quantitative estimate of drug-likeness (QED) is 0.806. The SMILES string of the molecule is CC[C@H]([C@@H](C)O)N(Cc1ccccc1)C(=O)CCl. The maximum Gasteiger partial charge on any atom is 0.238 e. The Labute approximate surface area is 113 Å². The highest BCUT2D eigenvalue weighted by atomic mass is 35.5. The van der Waals surface area contributed by atoms with Gasteiger partial charge in [-0.3, -0.25) is 4.79 Å². The van der Waals surface area contributed by atoms with Gasteiger partial charge in [-0.05, 0) is 18.9 Å². The lowest BCUT2D eigenvalue weighted by atomic mass is 10.1. The van der Waals surface area contributed by atoms with Gasteiger partial charge in [-0.1, -0.05) is 37.3 Å². The van der Waals surface area contributed by atoms with Crippen LogP contribution in [0.5, 0.6) is 0 Å². The van der Waals surface area contributed by atoms with Crippen molar-refractivity contribution in [1.82, 2.24) is 4.90 Å². The molecule has 0 radical (unpaired) electrons. The average Bonchev–Trinajstić information content (AvgIpc) is 2.38. The van der Waals surface area contributed by atoms with E-state index in [1.54, 1.807) is 11.8 Å². The molecule has 3 nitrogen and oxygen atoms in total. The van der Waals surface area contributed by atoms with Gasteiger partial charge in [-0.2, -0.15) is 0 Å². The highest BCUT2D eigenvalue weighted by Gasteiger charge is 2.25. The molecule has 2 atom stereocenters. The summed E-state index contributed by atoms with van der Waals surface area (Å²) in [6.45, 7) is 4.14. The molecule has 4 heteroatoms. The van der Waals surface area contributed by atoms with Crippen LogP contribution < -0.4 is 0 Å². The smallest absolute Gasteiger partial charge is 0.238 e. The summed E-state index contributed by atoms with van der Waals surface area (Å²) in [6, 6.07) is 9.52. The Morgan fingerprint density at radius 1 is 1.39 bits per heavy atom. The molecule has 0 aromatic heterocycles. The van der Waals surface area contributed by atoms with E-state index in [-0.39, 0.29) is 17.8 Å². The predicted molar refractivity (Wildman–Crippen MR) is 73.5 cm³/mol. The molecule has 0 fully saturated rings. The van der Waals surface area contributed by atoms with E-state index in [1.165, 1.54) is 0 Å². The van der Waals surface area contributed by atoms with Crippen LogP contribution in [0.3, 0.4) is 0 Å². The molecule has 0 aliphatic heterocycles. The summed E-state index contributed by atoms with van der Waals surface area (Å²) in [5.41, 5.74) is 1.04. The zero-order valence-electron chi connectivity index (χ0n) is 10.8. The van der Waals surface area contributed by atoms with Crippen LogP contribution >= 0.6 is 11.6 Å². The monoisotopic (exact) mass is 269 g/mol. The van der Waals surface area contributed by atoms with Crippen molar-refractivity contribution >= 4 is 17.5 Å². The third-order valence-electron chi connectivity index (χ3n) is 3.01. The summed E-state index contributed by atoms with van der Waals surface area (Å²) in [5, 5.41) is 9.77. The first kappa shape index (κ1) is 15.0. The molecule has 1 aromatic rings. The molecular formula is C14H20ClNO2. The Morgan fingerprint density at radius 3 is 2.44 bits per heavy atom. The van der Waals surface area contributed by atoms with Crippen LogP contribution in [0, 0.1) is 0 Å². The van der Waals surface area contributed by atoms with E-state index >= 15 is 0 Å². The van der Waals surface area contributed by atoms with Crippen LogP contribution in [0.1, 0.15) is 25.8 Å². The lowest BCUT2D eigenvalue weighted by molar-refractivity contribution is -0.134. The van der Waals surface area contributed by atoms with Crippen LogP contribution in [0.4, 0.5) is 0 Å². The average molecular weight is 270 g/mol. The summed E-state index contributed by atoms with van der Waals surface area (Å²) in [5.74, 6) is -0.205. The number of aliphatic hydroxyl groups is 1. The van der Waals surface area contributed by atoms with Gasteiger partial charge < -0.3 is 10.0 Å². The fraction of sp³-hybridized carbons (Fsp3) is 0.500. The molecule has 1 amide bonds. The van der Waals surface area contributed by atoms with E-state index < -0.39 is 6.10 Å². The van der Waals surface area contributed by atoms with Gasteiger partial charge in [-0.15, -0.1) is 11.6 Å². The number of alkyl halides is 1. The highest BCUT2D eigenvalue weighted by Crippen LogP contribution is 2.15. The van der Waals surface area contributed by atoms with Gasteiger partial charge in [0.2, 0.25) is 5.91 Å². The molecule has 0 saturated heterocycles. The molecule has 100 valence electrons. The van der Waals surface area contributed by atoms with Crippen molar-refractivity contribution in [1.29, 1.82) is 0 Å². The molecule has 0 spiro atoms. The minimum atomic E-state index is -0.564. The largest absolute Gasteiger partial charge is 0.391 e. The van der Waals surface area contributed by atoms with Gasteiger partial charge in [-0.25, -0.2) is 0 Å². The summed E-state index contributed by atoms with van der Waals surface area (Å²) in [7, 11) is 0. The number of halogens is 1. The van der Waals surface area contributed by atoms with Crippen molar-refractivity contribution in [3.8, 4) is 0 Å². The minimum Gasteiger partial charge on any atom is -0.391 e. The fourth-order valence-corrected chi connectivity index (χ4v) is 2.22. The Balaban J connectivity index is 2.88. The van der Waals surface area contributed by atoms with Crippen molar-refractivity contribution in [3.05, 3.63) is 35.9 Å². The van der Waals surface area contributed by atoms with Crippen molar-refractivity contribution in [2.24, 2.45) is 0 Å². The van der Waals surface area contributed by atoms with Crippen molar-refractivity contribution in [2.75, 3.05) is 5.88 Å². The third-order valence-corrected chi connectivity index (χ3v) is 3.23. The first-order valence-corrected chi connectivity index (χ1v) is 6.71. The third kappa shape index (κ3) is 4.00. The number of hydrogen-bond acceptors (Lipinski definition) is 2. The summed E-state index contributed by atoms with van der Waals surface area (Å²) >= 11 is 5.65. The number of benzene rings is 1. The van der Waals surface area contributed by atoms with E-state index in [0.717, 1.165) is 5.56 Å². The Morgan fingerprint density at radius 2 is 2.00 bits per heavy atom. The van der Waals surface area contributed by atoms with Crippen molar-refractivity contribution in [2.45, 2.75) is 39.0 Å². The molecule has 0 bridgehead atoms. The molecule has 1 N–H and O–H groups in total. The number of hydrogen-bond donors (Lipinski definition) is 1. The second-order valence-corrected chi connectivity index (χ2v) is 4.62. The van der Waals surface area contributed by atoms with Gasteiger partial charge in [0.25, 0.3) is 0 Å². The van der Waals surface area contributed by atoms with Gasteiger partial charge >= 0.3 is 0 Å². The molecule has 1 rings (SSSR count). The number of carbonyl (C=O) groups is 1. The Bertz CT molecular complexity index is 367. The zero-order valence-corrected chi connectivity index (χ0v) is 11.6. The molecule has 18 heavy (non-hydrogen) atoms. The minimum absolute atomic E-state index is 0.0595. The number of nitrogens with zero attached hydrogens (tertiary/aromatic N) is 1. The van der Waals surface area contributed by atoms with Crippen molar-refractivity contribution < 1.29 is 9.90 Å². The van der Waals surface area contributed by atoms with Crippen LogP contribution in [-0.4, -0.2) is 33.9 Å². The lowest BCUT2D eigenvalue weighted by Crippen LogP contribution is -2.45. The van der Waals surface area contributed by atoms with Crippen LogP contribution in [0.2, 0.25) is 0 Å². The van der Waals surface area contributed by atoms with Gasteiger partial charge in [0, 0.05) is 6.54 Å². The van der Waals surface area contributed by atoms with E-state index in [9.17, 15) is 9.90 Å². The Hall–Kier alpha value is -1.06. The van der Waals surface area contributed by atoms with E-state index in [2.05, 4.69) is 0 Å². The van der Waals surface area contributed by atoms with Crippen LogP contribution in [0.15, 0.2) is 30.3 Å². The maximum absolute atomic E-state index is 11.9.